The van der Waals surface area contributed by atoms with Crippen LogP contribution in [-0.4, -0.2) is 69.0 Å². The molecule has 2 unspecified atom stereocenters. The Bertz CT molecular complexity index is 1140. The van der Waals surface area contributed by atoms with Crippen molar-refractivity contribution in [3.8, 4) is 0 Å². The molecule has 0 bridgehead atoms. The molecule has 0 aliphatic carbocycles. The molecule has 2 fully saturated rings. The Hall–Kier alpha value is -1.95. The Balaban J connectivity index is 1.63. The lowest BCUT2D eigenvalue weighted by Gasteiger charge is -2.38. The molecule has 4 rings (SSSR count). The van der Waals surface area contributed by atoms with Crippen molar-refractivity contribution in [2.45, 2.75) is 54.4 Å². The van der Waals surface area contributed by atoms with Crippen LogP contribution in [-0.2, 0) is 31.3 Å². The van der Waals surface area contributed by atoms with Crippen molar-refractivity contribution < 1.29 is 36.9 Å². The van der Waals surface area contributed by atoms with Crippen LogP contribution in [0.15, 0.2) is 42.5 Å². The predicted octanol–water partition coefficient (Wildman–Crippen LogP) is 2.40. The Morgan fingerprint density at radius 2 is 1.86 bits per heavy atom. The number of hydrogen-bond donors (Lipinski definition) is 3. The summed E-state index contributed by atoms with van der Waals surface area (Å²) >= 11 is 0. The quantitative estimate of drug-likeness (QED) is 0.486. The summed E-state index contributed by atoms with van der Waals surface area (Å²) in [6.45, 7) is 1.76. The molecule has 0 aromatic heterocycles. The van der Waals surface area contributed by atoms with Crippen LogP contribution in [0.4, 0.5) is 8.78 Å². The van der Waals surface area contributed by atoms with E-state index in [1.165, 1.54) is 0 Å². The van der Waals surface area contributed by atoms with Gasteiger partial charge in [-0.1, -0.05) is 30.3 Å². The summed E-state index contributed by atoms with van der Waals surface area (Å²) in [5.74, 6) is -1.42. The van der Waals surface area contributed by atoms with Crippen LogP contribution in [0.5, 0.6) is 0 Å². The molecule has 4 atom stereocenters. The van der Waals surface area contributed by atoms with E-state index in [-0.39, 0.29) is 56.8 Å². The number of sulfone groups is 1. The lowest BCUT2D eigenvalue weighted by Crippen LogP contribution is -2.53. The molecule has 0 saturated carbocycles. The molecule has 2 aliphatic heterocycles. The van der Waals surface area contributed by atoms with Crippen molar-refractivity contribution in [2.75, 3.05) is 33.0 Å². The second-order valence-electron chi connectivity index (χ2n) is 9.61. The molecular weight excluding hydrogens is 492 g/mol. The third-order valence-electron chi connectivity index (χ3n) is 7.28. The van der Waals surface area contributed by atoms with Crippen molar-refractivity contribution in [3.63, 3.8) is 0 Å². The smallest absolute Gasteiger partial charge is 0.163 e. The van der Waals surface area contributed by atoms with Gasteiger partial charge in [-0.2, -0.15) is 0 Å². The molecule has 2 heterocycles. The van der Waals surface area contributed by atoms with Crippen molar-refractivity contribution in [3.05, 3.63) is 70.8 Å². The number of aliphatic hydroxyl groups is 2. The molecule has 36 heavy (non-hydrogen) atoms. The van der Waals surface area contributed by atoms with Gasteiger partial charge in [-0.25, -0.2) is 17.2 Å². The monoisotopic (exact) mass is 525 g/mol. The highest BCUT2D eigenvalue weighted by Crippen LogP contribution is 2.39. The molecule has 3 N–H and O–H groups in total. The van der Waals surface area contributed by atoms with Gasteiger partial charge in [0.15, 0.2) is 9.84 Å². The average Bonchev–Trinajstić information content (AvgIpc) is 2.87. The summed E-state index contributed by atoms with van der Waals surface area (Å²) in [4.78, 5) is 0. The van der Waals surface area contributed by atoms with Crippen molar-refractivity contribution in [1.82, 2.24) is 5.32 Å². The van der Waals surface area contributed by atoms with Gasteiger partial charge in [-0.05, 0) is 36.6 Å². The number of hydrogen-bond acceptors (Lipinski definition) is 7. The van der Waals surface area contributed by atoms with Crippen LogP contribution < -0.4 is 5.32 Å². The van der Waals surface area contributed by atoms with Crippen LogP contribution in [0.25, 0.3) is 0 Å². The fraction of sp³-hybridized carbons (Fsp3) is 0.538. The number of nitrogens with one attached hydrogen (secondary N) is 1. The van der Waals surface area contributed by atoms with Gasteiger partial charge >= 0.3 is 0 Å². The van der Waals surface area contributed by atoms with E-state index in [9.17, 15) is 13.5 Å². The minimum Gasteiger partial charge on any atom is -0.394 e. The second kappa shape index (κ2) is 11.2. The maximum Gasteiger partial charge on any atom is 0.163 e. The van der Waals surface area contributed by atoms with E-state index in [1.54, 1.807) is 31.2 Å². The third-order valence-corrected chi connectivity index (χ3v) is 9.93. The molecule has 198 valence electrons. The zero-order chi connectivity index (χ0) is 25.9. The van der Waals surface area contributed by atoms with E-state index in [2.05, 4.69) is 5.32 Å². The van der Waals surface area contributed by atoms with E-state index in [0.29, 0.717) is 5.56 Å². The number of aliphatic hydroxyl groups excluding tert-OH is 2. The first-order chi connectivity index (χ1) is 17.2. The normalized spacial score (nSPS) is 26.4. The molecule has 10 heteroatoms. The number of ether oxygens (including phenoxy) is 2. The van der Waals surface area contributed by atoms with Gasteiger partial charge in [-0.3, -0.25) is 0 Å². The Kier molecular flexibility index (Phi) is 8.43. The topological polar surface area (TPSA) is 105 Å². The largest absolute Gasteiger partial charge is 0.394 e. The van der Waals surface area contributed by atoms with Crippen molar-refractivity contribution in [1.29, 1.82) is 0 Å². The Morgan fingerprint density at radius 3 is 2.53 bits per heavy atom. The van der Waals surface area contributed by atoms with Crippen molar-refractivity contribution in [2.24, 2.45) is 0 Å². The van der Waals surface area contributed by atoms with Gasteiger partial charge in [-0.15, -0.1) is 0 Å². The molecule has 0 radical (unpaired) electrons. The van der Waals surface area contributed by atoms with E-state index < -0.39 is 56.3 Å². The summed E-state index contributed by atoms with van der Waals surface area (Å²) in [6.07, 6.45) is -0.835. The summed E-state index contributed by atoms with van der Waals surface area (Å²) in [6, 6.07) is 10.6. The van der Waals surface area contributed by atoms with Crippen molar-refractivity contribution >= 4 is 9.84 Å². The van der Waals surface area contributed by atoms with Gasteiger partial charge in [0.1, 0.15) is 23.3 Å². The minimum atomic E-state index is -3.70. The van der Waals surface area contributed by atoms with E-state index in [4.69, 9.17) is 14.6 Å². The molecule has 0 spiro atoms. The molecule has 2 aromatic carbocycles. The maximum atomic E-state index is 15.5. The summed E-state index contributed by atoms with van der Waals surface area (Å²) in [5.41, 5.74) is -0.587. The van der Waals surface area contributed by atoms with Gasteiger partial charge in [0, 0.05) is 44.2 Å². The summed E-state index contributed by atoms with van der Waals surface area (Å²) in [5, 5.41) is 20.4. The van der Waals surface area contributed by atoms with Crippen LogP contribution in [0, 0.1) is 11.6 Å². The number of halogens is 2. The first kappa shape index (κ1) is 27.1. The van der Waals surface area contributed by atoms with Gasteiger partial charge in [0.25, 0.3) is 0 Å². The molecule has 2 saturated heterocycles. The fourth-order valence-corrected chi connectivity index (χ4v) is 7.48. The zero-order valence-electron chi connectivity index (χ0n) is 20.2. The highest BCUT2D eigenvalue weighted by atomic mass is 32.2. The van der Waals surface area contributed by atoms with Gasteiger partial charge in [0.05, 0.1) is 23.7 Å². The van der Waals surface area contributed by atoms with E-state index >= 15 is 8.78 Å². The lowest BCUT2D eigenvalue weighted by atomic mass is 9.84. The van der Waals surface area contributed by atoms with E-state index in [0.717, 1.165) is 12.1 Å². The predicted molar refractivity (Wildman–Crippen MR) is 130 cm³/mol. The lowest BCUT2D eigenvalue weighted by molar-refractivity contribution is -0.141. The fourth-order valence-electron chi connectivity index (χ4n) is 5.12. The van der Waals surface area contributed by atoms with Crippen LogP contribution in [0.1, 0.15) is 41.7 Å². The summed E-state index contributed by atoms with van der Waals surface area (Å²) in [7, 11) is -3.70. The third kappa shape index (κ3) is 5.49. The zero-order valence-corrected chi connectivity index (χ0v) is 21.0. The maximum absolute atomic E-state index is 15.5. The van der Waals surface area contributed by atoms with E-state index in [1.807, 2.05) is 6.07 Å². The standard InChI is InChI=1S/C26H33F2NO6S/c1-17-24(36(32,33)25(14-29-17)18-5-3-2-4-6-18)12-19-11-23(28)21(13-22(19)27)26(7-9-34-10-8-26)35-16-20(31)15-30/h2-6,11,13,17,20,24-25,29-31H,7-10,12,14-16H2,1H3/t17-,20?,24?,25-/m0/s1. The number of rotatable bonds is 8. The average molecular weight is 526 g/mol. The minimum absolute atomic E-state index is 0.00275. The SMILES string of the molecule is C[C@@H]1NC[C@@H](c2ccccc2)S(=O)(=O)C1Cc1cc(F)c(C2(OCC(O)CO)CCOCC2)cc1F. The van der Waals surface area contributed by atoms with Gasteiger partial charge < -0.3 is 25.0 Å². The van der Waals surface area contributed by atoms with Crippen LogP contribution in [0.2, 0.25) is 0 Å². The molecule has 2 aromatic rings. The second-order valence-corrected chi connectivity index (χ2v) is 12.0. The van der Waals surface area contributed by atoms with Crippen LogP contribution >= 0.6 is 0 Å². The van der Waals surface area contributed by atoms with Crippen LogP contribution in [0.3, 0.4) is 0 Å². The highest BCUT2D eigenvalue weighted by Gasteiger charge is 2.43. The molecule has 2 aliphatic rings. The highest BCUT2D eigenvalue weighted by molar-refractivity contribution is 7.92. The number of benzene rings is 2. The first-order valence-corrected chi connectivity index (χ1v) is 13.8. The Labute approximate surface area is 210 Å². The summed E-state index contributed by atoms with van der Waals surface area (Å²) < 4.78 is 69.2. The molecular formula is C26H33F2NO6S. The first-order valence-electron chi connectivity index (χ1n) is 12.2. The molecule has 0 amide bonds. The Morgan fingerprint density at radius 1 is 1.17 bits per heavy atom. The van der Waals surface area contributed by atoms with Gasteiger partial charge in [0.2, 0.25) is 0 Å². The molecule has 7 nitrogen and oxygen atoms in total.